The molecule has 0 aromatic heterocycles. The monoisotopic (exact) mass is 228 g/mol. The van der Waals surface area contributed by atoms with Gasteiger partial charge in [0.05, 0.1) is 0 Å². The molecule has 1 aromatic rings. The lowest BCUT2D eigenvalue weighted by atomic mass is 10.1. The summed E-state index contributed by atoms with van der Waals surface area (Å²) in [5.41, 5.74) is 10.6. The highest BCUT2D eigenvalue weighted by molar-refractivity contribution is 5.44. The molecule has 90 valence electrons. The molecule has 0 amide bonds. The van der Waals surface area contributed by atoms with Crippen LogP contribution in [-0.2, 0) is 6.42 Å². The van der Waals surface area contributed by atoms with Gasteiger partial charge in [0, 0.05) is 6.04 Å². The van der Waals surface area contributed by atoms with Crippen molar-refractivity contribution >= 4 is 5.69 Å². The van der Waals surface area contributed by atoms with Gasteiger partial charge in [-0.3, -0.25) is 0 Å². The van der Waals surface area contributed by atoms with Gasteiger partial charge >= 0.3 is 0 Å². The van der Waals surface area contributed by atoms with Crippen LogP contribution in [0.1, 0.15) is 19.4 Å². The Bertz CT molecular complexity index is 349. The van der Waals surface area contributed by atoms with Crippen LogP contribution in [0.3, 0.4) is 0 Å². The average molecular weight is 228 g/mol. The van der Waals surface area contributed by atoms with Crippen LogP contribution in [0.4, 0.5) is 14.5 Å². The van der Waals surface area contributed by atoms with Crippen molar-refractivity contribution < 1.29 is 8.78 Å². The van der Waals surface area contributed by atoms with Crippen LogP contribution in [0.5, 0.6) is 0 Å². The molecule has 1 aromatic carbocycles. The van der Waals surface area contributed by atoms with E-state index in [2.05, 4.69) is 6.58 Å². The van der Waals surface area contributed by atoms with Crippen molar-refractivity contribution in [1.29, 1.82) is 0 Å². The minimum atomic E-state index is -0.731. The summed E-state index contributed by atoms with van der Waals surface area (Å²) in [4.78, 5) is 0. The lowest BCUT2D eigenvalue weighted by molar-refractivity contribution is 0.572. The molecule has 0 aliphatic rings. The van der Waals surface area contributed by atoms with Gasteiger partial charge in [-0.15, -0.1) is 6.58 Å². The topological polar surface area (TPSA) is 52.0 Å². The number of hydrogen-bond donors (Lipinski definition) is 2. The summed E-state index contributed by atoms with van der Waals surface area (Å²) in [5.74, 6) is -1.43. The highest BCUT2D eigenvalue weighted by Gasteiger charge is 2.11. The van der Waals surface area contributed by atoms with Crippen molar-refractivity contribution in [3.63, 3.8) is 0 Å². The minimum Gasteiger partial charge on any atom is -0.394 e. The minimum absolute atomic E-state index is 0.167. The second-order valence-corrected chi connectivity index (χ2v) is 3.52. The molecule has 0 heterocycles. The Balaban J connectivity index is 0.000000673. The van der Waals surface area contributed by atoms with Crippen LogP contribution in [0.2, 0.25) is 0 Å². The van der Waals surface area contributed by atoms with Crippen LogP contribution >= 0.6 is 0 Å². The maximum absolute atomic E-state index is 13.2. The third-order valence-corrected chi connectivity index (χ3v) is 1.75. The lowest BCUT2D eigenvalue weighted by Gasteiger charge is -2.08. The Kier molecular flexibility index (Phi) is 6.34. The molecule has 0 saturated heterocycles. The Morgan fingerprint density at radius 2 is 1.94 bits per heavy atom. The van der Waals surface area contributed by atoms with E-state index >= 15 is 0 Å². The average Bonchev–Trinajstić information content (AvgIpc) is 2.20. The van der Waals surface area contributed by atoms with E-state index in [-0.39, 0.29) is 6.04 Å². The second kappa shape index (κ2) is 6.95. The maximum Gasteiger partial charge on any atom is 0.152 e. The molecule has 1 atom stereocenters. The van der Waals surface area contributed by atoms with Gasteiger partial charge in [-0.2, -0.15) is 0 Å². The Morgan fingerprint density at radius 3 is 2.38 bits per heavy atom. The van der Waals surface area contributed by atoms with Crippen LogP contribution in [0.15, 0.2) is 24.8 Å². The van der Waals surface area contributed by atoms with Crippen molar-refractivity contribution in [2.75, 3.05) is 5.73 Å². The first-order valence-electron chi connectivity index (χ1n) is 4.99. The van der Waals surface area contributed by atoms with E-state index in [1.807, 2.05) is 6.92 Å². The summed E-state index contributed by atoms with van der Waals surface area (Å²) in [5, 5.41) is 0. The molecular weight excluding hydrogens is 210 g/mol. The number of nitrogens with two attached hydrogens (primary N) is 2. The molecule has 0 aliphatic carbocycles. The first-order chi connectivity index (χ1) is 7.43. The third-order valence-electron chi connectivity index (χ3n) is 1.75. The normalized spacial score (nSPS) is 11.3. The first kappa shape index (κ1) is 14.6. The van der Waals surface area contributed by atoms with Crippen molar-refractivity contribution in [2.45, 2.75) is 26.3 Å². The number of nitrogen functional groups attached to an aromatic ring is 1. The highest BCUT2D eigenvalue weighted by Crippen LogP contribution is 2.19. The fraction of sp³-hybridized carbons (Fsp3) is 0.333. The Morgan fingerprint density at radius 1 is 1.44 bits per heavy atom. The predicted octanol–water partition coefficient (Wildman–Crippen LogP) is 2.63. The first-order valence-corrected chi connectivity index (χ1v) is 4.99. The standard InChI is InChI=1S/C9H12F2N2.C3H6/c1-5(12)4-6-2-3-7(10)9(13)8(6)11;1-3-2/h2-3,5H,4,12-13H2,1H3;3H,1H2,2H3. The fourth-order valence-corrected chi connectivity index (χ4v) is 1.12. The molecular formula is C12H18F2N2. The highest BCUT2D eigenvalue weighted by atomic mass is 19.1. The van der Waals surface area contributed by atoms with E-state index in [1.54, 1.807) is 13.0 Å². The van der Waals surface area contributed by atoms with Crippen molar-refractivity contribution in [2.24, 2.45) is 5.73 Å². The van der Waals surface area contributed by atoms with Crippen LogP contribution in [0, 0.1) is 11.6 Å². The van der Waals surface area contributed by atoms with Gasteiger partial charge in [-0.1, -0.05) is 12.1 Å². The van der Waals surface area contributed by atoms with Gasteiger partial charge < -0.3 is 11.5 Å². The molecule has 0 bridgehead atoms. The number of halogens is 2. The number of allylic oxidation sites excluding steroid dienone is 1. The zero-order valence-electron chi connectivity index (χ0n) is 9.63. The summed E-state index contributed by atoms with van der Waals surface area (Å²) in [6, 6.07) is 2.35. The zero-order valence-corrected chi connectivity index (χ0v) is 9.63. The number of anilines is 1. The van der Waals surface area contributed by atoms with E-state index in [0.29, 0.717) is 12.0 Å². The van der Waals surface area contributed by atoms with E-state index in [4.69, 9.17) is 11.5 Å². The molecule has 0 aliphatic heterocycles. The quantitative estimate of drug-likeness (QED) is 0.604. The van der Waals surface area contributed by atoms with Crippen LogP contribution < -0.4 is 11.5 Å². The van der Waals surface area contributed by atoms with E-state index in [0.717, 1.165) is 6.07 Å². The number of rotatable bonds is 2. The SMILES string of the molecule is C=CC.CC(N)Cc1ccc(F)c(N)c1F. The molecule has 1 rings (SSSR count). The van der Waals surface area contributed by atoms with E-state index < -0.39 is 17.3 Å². The van der Waals surface area contributed by atoms with Gasteiger partial charge in [-0.05, 0) is 31.9 Å². The zero-order chi connectivity index (χ0) is 12.7. The molecule has 4 N–H and O–H groups in total. The van der Waals surface area contributed by atoms with Crippen molar-refractivity contribution in [3.05, 3.63) is 42.0 Å². The van der Waals surface area contributed by atoms with Gasteiger partial charge in [0.15, 0.2) is 5.82 Å². The van der Waals surface area contributed by atoms with Gasteiger partial charge in [0.25, 0.3) is 0 Å². The van der Waals surface area contributed by atoms with Crippen LogP contribution in [-0.4, -0.2) is 6.04 Å². The number of benzene rings is 1. The molecule has 16 heavy (non-hydrogen) atoms. The smallest absolute Gasteiger partial charge is 0.152 e. The molecule has 0 spiro atoms. The maximum atomic E-state index is 13.2. The largest absolute Gasteiger partial charge is 0.394 e. The molecule has 0 radical (unpaired) electrons. The van der Waals surface area contributed by atoms with Crippen molar-refractivity contribution in [3.8, 4) is 0 Å². The molecule has 0 fully saturated rings. The third kappa shape index (κ3) is 4.40. The van der Waals surface area contributed by atoms with E-state index in [9.17, 15) is 8.78 Å². The van der Waals surface area contributed by atoms with E-state index in [1.165, 1.54) is 6.07 Å². The molecule has 2 nitrogen and oxygen atoms in total. The molecule has 4 heteroatoms. The molecule has 1 unspecified atom stereocenters. The van der Waals surface area contributed by atoms with Crippen LogP contribution in [0.25, 0.3) is 0 Å². The predicted molar refractivity (Wildman–Crippen MR) is 64.0 cm³/mol. The van der Waals surface area contributed by atoms with Crippen molar-refractivity contribution in [1.82, 2.24) is 0 Å². The summed E-state index contributed by atoms with van der Waals surface area (Å²) in [6.45, 7) is 7.00. The summed E-state index contributed by atoms with van der Waals surface area (Å²) in [6.07, 6.45) is 2.11. The number of hydrogen-bond acceptors (Lipinski definition) is 2. The summed E-state index contributed by atoms with van der Waals surface area (Å²) >= 11 is 0. The second-order valence-electron chi connectivity index (χ2n) is 3.52. The Hall–Kier alpha value is -1.42. The Labute approximate surface area is 94.9 Å². The summed E-state index contributed by atoms with van der Waals surface area (Å²) in [7, 11) is 0. The molecule has 0 saturated carbocycles. The lowest BCUT2D eigenvalue weighted by Crippen LogP contribution is -2.19. The van der Waals surface area contributed by atoms with Gasteiger partial charge in [0.2, 0.25) is 0 Å². The van der Waals surface area contributed by atoms with Gasteiger partial charge in [0.1, 0.15) is 11.5 Å². The summed E-state index contributed by atoms with van der Waals surface area (Å²) < 4.78 is 25.9. The fourth-order valence-electron chi connectivity index (χ4n) is 1.12. The van der Waals surface area contributed by atoms with Gasteiger partial charge in [-0.25, -0.2) is 8.78 Å².